The van der Waals surface area contributed by atoms with Crippen molar-refractivity contribution in [1.82, 2.24) is 19.3 Å². The molecule has 2 aromatic carbocycles. The monoisotopic (exact) mass is 417 g/mol. The van der Waals surface area contributed by atoms with Crippen LogP contribution in [0.2, 0.25) is 0 Å². The van der Waals surface area contributed by atoms with Gasteiger partial charge >= 0.3 is 0 Å². The summed E-state index contributed by atoms with van der Waals surface area (Å²) in [6.45, 7) is 1.86. The van der Waals surface area contributed by atoms with Gasteiger partial charge in [-0.1, -0.05) is 30.3 Å². The molecule has 31 heavy (non-hydrogen) atoms. The van der Waals surface area contributed by atoms with E-state index in [1.165, 1.54) is 0 Å². The van der Waals surface area contributed by atoms with Gasteiger partial charge in [0.2, 0.25) is 5.91 Å². The number of nitrogens with zero attached hydrogens (tertiary/aromatic N) is 4. The summed E-state index contributed by atoms with van der Waals surface area (Å²) >= 11 is 0. The van der Waals surface area contributed by atoms with Gasteiger partial charge in [0.25, 0.3) is 5.56 Å². The molecule has 0 aliphatic heterocycles. The number of ether oxygens (including phenoxy) is 1. The van der Waals surface area contributed by atoms with Crippen LogP contribution in [0.15, 0.2) is 59.4 Å². The third-order valence-corrected chi connectivity index (χ3v) is 5.09. The smallest absolute Gasteiger partial charge is 0.273 e. The molecule has 0 aliphatic rings. The van der Waals surface area contributed by atoms with E-state index < -0.39 is 0 Å². The third-order valence-electron chi connectivity index (χ3n) is 5.09. The van der Waals surface area contributed by atoms with Gasteiger partial charge in [0, 0.05) is 19.9 Å². The minimum absolute atomic E-state index is 0.123. The summed E-state index contributed by atoms with van der Waals surface area (Å²) < 4.78 is 8.52. The number of hydrogen-bond donors (Lipinski definition) is 1. The van der Waals surface area contributed by atoms with E-state index in [2.05, 4.69) is 15.4 Å². The quantitative estimate of drug-likeness (QED) is 0.521. The van der Waals surface area contributed by atoms with Crippen LogP contribution in [-0.2, 0) is 18.3 Å². The highest BCUT2D eigenvalue weighted by atomic mass is 16.5. The predicted molar refractivity (Wildman–Crippen MR) is 119 cm³/mol. The summed E-state index contributed by atoms with van der Waals surface area (Å²) in [6.07, 6.45) is 0.344. The summed E-state index contributed by atoms with van der Waals surface area (Å²) in [4.78, 5) is 30.0. The number of anilines is 1. The first-order valence-electron chi connectivity index (χ1n) is 9.93. The molecule has 4 aromatic rings. The van der Waals surface area contributed by atoms with Crippen molar-refractivity contribution in [2.45, 2.75) is 19.8 Å². The largest absolute Gasteiger partial charge is 0.495 e. The zero-order valence-electron chi connectivity index (χ0n) is 17.6. The average molecular weight is 417 g/mol. The fraction of sp³-hybridized carbons (Fsp3) is 0.217. The summed E-state index contributed by atoms with van der Waals surface area (Å²) in [5.74, 6) is 0.361. The molecule has 8 nitrogen and oxygen atoms in total. The van der Waals surface area contributed by atoms with Gasteiger partial charge < -0.3 is 10.1 Å². The highest BCUT2D eigenvalue weighted by Crippen LogP contribution is 2.23. The topological polar surface area (TPSA) is 91.0 Å². The Morgan fingerprint density at radius 1 is 1.10 bits per heavy atom. The molecule has 2 heterocycles. The van der Waals surface area contributed by atoms with Crippen molar-refractivity contribution in [2.24, 2.45) is 7.05 Å². The Kier molecular flexibility index (Phi) is 5.53. The predicted octanol–water partition coefficient (Wildman–Crippen LogP) is 3.01. The zero-order valence-corrected chi connectivity index (χ0v) is 17.6. The van der Waals surface area contributed by atoms with Crippen molar-refractivity contribution < 1.29 is 9.53 Å². The molecule has 8 heteroatoms. The van der Waals surface area contributed by atoms with Crippen LogP contribution in [0, 0.1) is 6.92 Å². The van der Waals surface area contributed by atoms with E-state index in [4.69, 9.17) is 4.74 Å². The van der Waals surface area contributed by atoms with Crippen LogP contribution >= 0.6 is 0 Å². The highest BCUT2D eigenvalue weighted by molar-refractivity contribution is 5.92. The Morgan fingerprint density at radius 3 is 2.55 bits per heavy atom. The number of amides is 1. The van der Waals surface area contributed by atoms with Gasteiger partial charge in [0.15, 0.2) is 5.65 Å². The van der Waals surface area contributed by atoms with Gasteiger partial charge in [-0.15, -0.1) is 0 Å². The van der Waals surface area contributed by atoms with Gasteiger partial charge in [-0.25, -0.2) is 9.67 Å². The molecule has 0 aliphatic carbocycles. The zero-order chi connectivity index (χ0) is 22.0. The maximum absolute atomic E-state index is 13.0. The van der Waals surface area contributed by atoms with Crippen molar-refractivity contribution in [3.05, 3.63) is 76.3 Å². The van der Waals surface area contributed by atoms with Crippen molar-refractivity contribution in [1.29, 1.82) is 0 Å². The molecule has 0 bridgehead atoms. The van der Waals surface area contributed by atoms with Gasteiger partial charge in [0.1, 0.15) is 17.0 Å². The first-order valence-corrected chi connectivity index (χ1v) is 9.93. The van der Waals surface area contributed by atoms with E-state index in [0.717, 1.165) is 5.69 Å². The number of nitrogens with one attached hydrogen (secondary N) is 1. The highest BCUT2D eigenvalue weighted by Gasteiger charge is 2.18. The van der Waals surface area contributed by atoms with E-state index in [0.29, 0.717) is 34.0 Å². The molecule has 1 N–H and O–H groups in total. The summed E-state index contributed by atoms with van der Waals surface area (Å²) in [7, 11) is 3.25. The molecule has 1 amide bonds. The standard InChI is InChI=1S/C23H23N5O3/c1-15-21-22(28(26-15)16-9-5-4-6-10-16)27(2)23(30)18(25-21)13-14-20(29)24-17-11-7-8-12-19(17)31-3/h4-12H,13-14H2,1-3H3,(H,24,29). The van der Waals surface area contributed by atoms with Gasteiger partial charge in [-0.3, -0.25) is 14.2 Å². The number of benzene rings is 2. The number of methoxy groups -OCH3 is 1. The molecular formula is C23H23N5O3. The minimum atomic E-state index is -0.241. The van der Waals surface area contributed by atoms with Gasteiger partial charge in [-0.05, 0) is 31.2 Å². The lowest BCUT2D eigenvalue weighted by Crippen LogP contribution is -2.25. The maximum atomic E-state index is 13.0. The van der Waals surface area contributed by atoms with Crippen LogP contribution < -0.4 is 15.6 Å². The second kappa shape index (κ2) is 8.43. The van der Waals surface area contributed by atoms with Crippen molar-refractivity contribution in [3.8, 4) is 11.4 Å². The van der Waals surface area contributed by atoms with E-state index in [1.54, 1.807) is 35.5 Å². The minimum Gasteiger partial charge on any atom is -0.495 e. The fourth-order valence-electron chi connectivity index (χ4n) is 3.52. The number of hydrogen-bond acceptors (Lipinski definition) is 5. The molecule has 0 fully saturated rings. The van der Waals surface area contributed by atoms with Crippen molar-refractivity contribution >= 4 is 22.8 Å². The second-order valence-electron chi connectivity index (χ2n) is 7.18. The van der Waals surface area contributed by atoms with Gasteiger partial charge in [0.05, 0.1) is 24.2 Å². The molecule has 0 radical (unpaired) electrons. The molecule has 0 atom stereocenters. The van der Waals surface area contributed by atoms with Crippen molar-refractivity contribution in [3.63, 3.8) is 0 Å². The van der Waals surface area contributed by atoms with E-state index in [-0.39, 0.29) is 24.3 Å². The normalized spacial score (nSPS) is 10.9. The van der Waals surface area contributed by atoms with E-state index >= 15 is 0 Å². The molecule has 0 saturated heterocycles. The second-order valence-corrected chi connectivity index (χ2v) is 7.18. The molecule has 4 rings (SSSR count). The molecule has 0 unspecified atom stereocenters. The molecular weight excluding hydrogens is 394 g/mol. The Labute approximate surface area is 179 Å². The number of fused-ring (bicyclic) bond motifs is 1. The lowest BCUT2D eigenvalue weighted by Gasteiger charge is -2.10. The lowest BCUT2D eigenvalue weighted by atomic mass is 10.2. The first kappa shape index (κ1) is 20.3. The van der Waals surface area contributed by atoms with Crippen LogP contribution in [0.5, 0.6) is 5.75 Å². The van der Waals surface area contributed by atoms with Crippen LogP contribution in [0.4, 0.5) is 5.69 Å². The molecule has 158 valence electrons. The van der Waals surface area contributed by atoms with Crippen LogP contribution in [-0.4, -0.2) is 32.3 Å². The number of para-hydroxylation sites is 3. The van der Waals surface area contributed by atoms with Crippen LogP contribution in [0.3, 0.4) is 0 Å². The van der Waals surface area contributed by atoms with Crippen molar-refractivity contribution in [2.75, 3.05) is 12.4 Å². The average Bonchev–Trinajstić information content (AvgIpc) is 3.12. The molecule has 0 spiro atoms. The number of rotatable bonds is 6. The maximum Gasteiger partial charge on any atom is 0.273 e. The molecule has 2 aromatic heterocycles. The summed E-state index contributed by atoms with van der Waals surface area (Å²) in [6, 6.07) is 16.8. The summed E-state index contributed by atoms with van der Waals surface area (Å²) in [5.41, 5.74) is 3.51. The van der Waals surface area contributed by atoms with E-state index in [1.807, 2.05) is 49.4 Å². The van der Waals surface area contributed by atoms with Crippen LogP contribution in [0.1, 0.15) is 17.8 Å². The number of aromatic nitrogens is 4. The lowest BCUT2D eigenvalue weighted by molar-refractivity contribution is -0.116. The Morgan fingerprint density at radius 2 is 1.81 bits per heavy atom. The molecule has 0 saturated carbocycles. The number of carbonyl (C=O) groups excluding carboxylic acids is 1. The Bertz CT molecular complexity index is 1310. The fourth-order valence-corrected chi connectivity index (χ4v) is 3.52. The summed E-state index contributed by atoms with van der Waals surface area (Å²) in [5, 5.41) is 7.40. The van der Waals surface area contributed by atoms with Gasteiger partial charge in [-0.2, -0.15) is 5.10 Å². The Hall–Kier alpha value is -3.94. The van der Waals surface area contributed by atoms with E-state index in [9.17, 15) is 9.59 Å². The number of carbonyl (C=O) groups is 1. The first-order chi connectivity index (χ1) is 15.0. The van der Waals surface area contributed by atoms with Crippen LogP contribution in [0.25, 0.3) is 16.9 Å². The Balaban J connectivity index is 1.61. The number of aryl methyl sites for hydroxylation is 3. The third kappa shape index (κ3) is 3.92. The SMILES string of the molecule is COc1ccccc1NC(=O)CCc1nc2c(C)nn(-c3ccccc3)c2n(C)c1=O.